The number of halogens is 2. The van der Waals surface area contributed by atoms with E-state index in [1.807, 2.05) is 0 Å². The van der Waals surface area contributed by atoms with Gasteiger partial charge < -0.3 is 0 Å². The molecule has 0 amide bonds. The Balaban J connectivity index is 2.02. The summed E-state index contributed by atoms with van der Waals surface area (Å²) in [6.07, 6.45) is 4.85. The number of benzene rings is 2. The fraction of sp³-hybridized carbons (Fsp3) is 0. The van der Waals surface area contributed by atoms with E-state index in [2.05, 4.69) is 22.6 Å². The summed E-state index contributed by atoms with van der Waals surface area (Å²) in [6.45, 7) is 7.37. The van der Waals surface area contributed by atoms with Gasteiger partial charge in [-0.1, -0.05) is 72.8 Å². The van der Waals surface area contributed by atoms with E-state index in [1.165, 1.54) is 30.3 Å². The first-order valence-electron chi connectivity index (χ1n) is 9.21. The molecule has 0 bridgehead atoms. The maximum atomic E-state index is 13.1. The third-order valence-electron chi connectivity index (χ3n) is 4.30. The van der Waals surface area contributed by atoms with Gasteiger partial charge in [-0.05, 0) is 46.8 Å². The molecule has 0 radical (unpaired) electrons. The zero-order chi connectivity index (χ0) is 24.2. The molecule has 0 spiro atoms. The molecule has 2 N–H and O–H groups in total. The quantitative estimate of drug-likeness (QED) is 0.306. The first-order valence-corrected chi connectivity index (χ1v) is 13.8. The number of thiophene rings is 1. The van der Waals surface area contributed by atoms with Crippen molar-refractivity contribution >= 4 is 71.5 Å². The smallest absolute Gasteiger partial charge is 0.271 e. The molecule has 11 heteroatoms. The van der Waals surface area contributed by atoms with E-state index in [9.17, 15) is 16.8 Å². The van der Waals surface area contributed by atoms with Crippen molar-refractivity contribution in [2.45, 2.75) is 9.10 Å². The lowest BCUT2D eigenvalue weighted by molar-refractivity contribution is 0.599. The van der Waals surface area contributed by atoms with Crippen molar-refractivity contribution in [2.24, 2.45) is 0 Å². The van der Waals surface area contributed by atoms with Gasteiger partial charge in [0.05, 0.1) is 26.3 Å². The largest absolute Gasteiger partial charge is 0.277 e. The van der Waals surface area contributed by atoms with Crippen LogP contribution < -0.4 is 9.44 Å². The summed E-state index contributed by atoms with van der Waals surface area (Å²) in [6, 6.07) is 11.7. The molecule has 0 aliphatic heterocycles. The van der Waals surface area contributed by atoms with Crippen LogP contribution in [-0.4, -0.2) is 16.8 Å². The Labute approximate surface area is 207 Å². The lowest BCUT2D eigenvalue weighted by Crippen LogP contribution is -2.17. The Morgan fingerprint density at radius 1 is 0.879 bits per heavy atom. The summed E-state index contributed by atoms with van der Waals surface area (Å²) in [5.41, 5.74) is 1.14. The fourth-order valence-corrected chi connectivity index (χ4v) is 6.29. The van der Waals surface area contributed by atoms with Gasteiger partial charge in [0, 0.05) is 0 Å². The van der Waals surface area contributed by atoms with Crippen molar-refractivity contribution in [1.82, 2.24) is 0 Å². The Bertz CT molecular complexity index is 1450. The summed E-state index contributed by atoms with van der Waals surface area (Å²) in [5.74, 6) is 0. The summed E-state index contributed by atoms with van der Waals surface area (Å²) >= 11 is 13.2. The minimum atomic E-state index is -4.13. The highest BCUT2D eigenvalue weighted by atomic mass is 35.5. The van der Waals surface area contributed by atoms with Gasteiger partial charge in [-0.15, -0.1) is 11.3 Å². The molecule has 0 aliphatic rings. The average molecular weight is 542 g/mol. The summed E-state index contributed by atoms with van der Waals surface area (Å²) in [5, 5.41) is 1.71. The van der Waals surface area contributed by atoms with E-state index < -0.39 is 20.0 Å². The van der Waals surface area contributed by atoms with Crippen LogP contribution in [0, 0.1) is 0 Å². The summed E-state index contributed by atoms with van der Waals surface area (Å²) in [7, 11) is -8.09. The highest BCUT2D eigenvalue weighted by Crippen LogP contribution is 2.35. The van der Waals surface area contributed by atoms with Crippen LogP contribution in [0.1, 0.15) is 5.56 Å². The molecular formula is C22H18Cl2N2O4S3. The highest BCUT2D eigenvalue weighted by Gasteiger charge is 2.22. The van der Waals surface area contributed by atoms with E-state index in [1.54, 1.807) is 41.8 Å². The predicted molar refractivity (Wildman–Crippen MR) is 137 cm³/mol. The van der Waals surface area contributed by atoms with Crippen LogP contribution >= 0.6 is 34.5 Å². The third-order valence-corrected chi connectivity index (χ3v) is 9.15. The van der Waals surface area contributed by atoms with Gasteiger partial charge in [-0.3, -0.25) is 9.44 Å². The first kappa shape index (κ1) is 25.1. The summed E-state index contributed by atoms with van der Waals surface area (Å²) in [4.78, 5) is -0.0463. The lowest BCUT2D eigenvalue weighted by atomic mass is 10.1. The Hall–Kier alpha value is -2.56. The minimum Gasteiger partial charge on any atom is -0.277 e. The predicted octanol–water partition coefficient (Wildman–Crippen LogP) is 6.41. The Morgan fingerprint density at radius 3 is 2.06 bits per heavy atom. The normalized spacial score (nSPS) is 12.2. The van der Waals surface area contributed by atoms with Crippen molar-refractivity contribution < 1.29 is 16.8 Å². The van der Waals surface area contributed by atoms with E-state index >= 15 is 0 Å². The van der Waals surface area contributed by atoms with E-state index in [0.29, 0.717) is 11.1 Å². The maximum absolute atomic E-state index is 13.1. The average Bonchev–Trinajstić information content (AvgIpc) is 3.31. The molecule has 1 heterocycles. The second-order valence-corrected chi connectivity index (χ2v) is 11.9. The first-order chi connectivity index (χ1) is 15.6. The van der Waals surface area contributed by atoms with Gasteiger partial charge in [-0.2, -0.15) is 0 Å². The van der Waals surface area contributed by atoms with Crippen LogP contribution in [0.15, 0.2) is 94.4 Å². The van der Waals surface area contributed by atoms with Gasteiger partial charge in [-0.25, -0.2) is 16.8 Å². The Morgan fingerprint density at radius 2 is 1.52 bits per heavy atom. The van der Waals surface area contributed by atoms with Crippen LogP contribution in [0.3, 0.4) is 0 Å². The van der Waals surface area contributed by atoms with Crippen LogP contribution in [0.2, 0.25) is 10.0 Å². The van der Waals surface area contributed by atoms with Gasteiger partial charge in [0.2, 0.25) is 0 Å². The molecule has 172 valence electrons. The second-order valence-electron chi connectivity index (χ2n) is 6.54. The van der Waals surface area contributed by atoms with Gasteiger partial charge in [0.25, 0.3) is 20.0 Å². The molecule has 3 rings (SSSR count). The SMILES string of the molecule is C=C/C=C(\C=C)c1cccc(S(=O)(=O)Nc2cc(Cl)c(Cl)cc2NS(=O)(=O)c2cccs2)c1. The zero-order valence-electron chi connectivity index (χ0n) is 17.0. The monoisotopic (exact) mass is 540 g/mol. The van der Waals surface area contributed by atoms with E-state index in [4.69, 9.17) is 23.2 Å². The number of sulfonamides is 2. The molecule has 33 heavy (non-hydrogen) atoms. The number of nitrogens with one attached hydrogen (secondary N) is 2. The second kappa shape index (κ2) is 10.1. The fourth-order valence-electron chi connectivity index (χ4n) is 2.78. The standard InChI is InChI=1S/C22H18Cl2N2O4S3/c1-3-7-15(4-2)16-8-5-9-17(12-16)32(27,28)25-20-13-18(23)19(24)14-21(20)26-33(29,30)22-10-6-11-31-22/h3-14,25-26H,1-2H2/b15-7+. The zero-order valence-corrected chi connectivity index (χ0v) is 20.9. The highest BCUT2D eigenvalue weighted by molar-refractivity contribution is 7.94. The molecule has 6 nitrogen and oxygen atoms in total. The van der Waals surface area contributed by atoms with Crippen molar-refractivity contribution in [3.05, 3.63) is 101 Å². The maximum Gasteiger partial charge on any atom is 0.271 e. The molecule has 0 aliphatic carbocycles. The molecule has 0 fully saturated rings. The van der Waals surface area contributed by atoms with Crippen molar-refractivity contribution in [1.29, 1.82) is 0 Å². The minimum absolute atomic E-state index is 0.0463. The molecule has 0 saturated heterocycles. The molecule has 3 aromatic rings. The van der Waals surface area contributed by atoms with Crippen LogP contribution in [-0.2, 0) is 20.0 Å². The number of allylic oxidation sites excluding steroid dienone is 4. The molecule has 2 aromatic carbocycles. The number of hydrogen-bond acceptors (Lipinski definition) is 5. The number of rotatable bonds is 9. The van der Waals surface area contributed by atoms with E-state index in [0.717, 1.165) is 11.3 Å². The molecular weight excluding hydrogens is 523 g/mol. The third kappa shape index (κ3) is 5.87. The van der Waals surface area contributed by atoms with E-state index in [-0.39, 0.29) is 30.5 Å². The molecule has 0 unspecified atom stereocenters. The summed E-state index contributed by atoms with van der Waals surface area (Å²) < 4.78 is 56.5. The van der Waals surface area contributed by atoms with Crippen LogP contribution in [0.25, 0.3) is 5.57 Å². The molecule has 0 saturated carbocycles. The van der Waals surface area contributed by atoms with Crippen molar-refractivity contribution in [3.63, 3.8) is 0 Å². The number of hydrogen-bond donors (Lipinski definition) is 2. The molecule has 1 aromatic heterocycles. The topological polar surface area (TPSA) is 92.3 Å². The Kier molecular flexibility index (Phi) is 7.71. The van der Waals surface area contributed by atoms with Gasteiger partial charge in [0.15, 0.2) is 0 Å². The van der Waals surface area contributed by atoms with Gasteiger partial charge >= 0.3 is 0 Å². The van der Waals surface area contributed by atoms with Gasteiger partial charge in [0.1, 0.15) is 4.21 Å². The lowest BCUT2D eigenvalue weighted by Gasteiger charge is -2.16. The van der Waals surface area contributed by atoms with Crippen molar-refractivity contribution in [3.8, 4) is 0 Å². The number of anilines is 2. The van der Waals surface area contributed by atoms with Crippen molar-refractivity contribution in [2.75, 3.05) is 9.44 Å². The van der Waals surface area contributed by atoms with Crippen LogP contribution in [0.4, 0.5) is 11.4 Å². The molecule has 0 atom stereocenters. The van der Waals surface area contributed by atoms with Crippen LogP contribution in [0.5, 0.6) is 0 Å².